The fraction of sp³-hybridized carbons (Fsp3) is 0.190. The second kappa shape index (κ2) is 8.59. The van der Waals surface area contributed by atoms with Gasteiger partial charge in [0.05, 0.1) is 33.5 Å². The zero-order chi connectivity index (χ0) is 23.0. The Kier molecular flexibility index (Phi) is 6.00. The molecule has 3 aromatic heterocycles. The van der Waals surface area contributed by atoms with Gasteiger partial charge < -0.3 is 4.90 Å². The van der Waals surface area contributed by atoms with Gasteiger partial charge in [-0.3, -0.25) is 15.0 Å². The van der Waals surface area contributed by atoms with Gasteiger partial charge in [-0.1, -0.05) is 11.6 Å². The van der Waals surface area contributed by atoms with Gasteiger partial charge in [0.15, 0.2) is 0 Å². The molecule has 0 saturated heterocycles. The van der Waals surface area contributed by atoms with Crippen molar-refractivity contribution in [3.8, 4) is 11.4 Å². The van der Waals surface area contributed by atoms with Crippen molar-refractivity contribution in [2.24, 2.45) is 0 Å². The van der Waals surface area contributed by atoms with Crippen LogP contribution in [-0.2, 0) is 6.18 Å². The number of rotatable bonds is 4. The Hall–Kier alpha value is -2.85. The predicted molar refractivity (Wildman–Crippen MR) is 119 cm³/mol. The van der Waals surface area contributed by atoms with Crippen LogP contribution in [0.15, 0.2) is 53.7 Å². The highest BCUT2D eigenvalue weighted by Crippen LogP contribution is 2.38. The van der Waals surface area contributed by atoms with Crippen LogP contribution < -0.4 is 4.90 Å². The van der Waals surface area contributed by atoms with Crippen molar-refractivity contribution >= 4 is 44.3 Å². The van der Waals surface area contributed by atoms with Crippen molar-refractivity contribution in [1.29, 1.82) is 0 Å². The maximum Gasteiger partial charge on any atom is 0.416 e. The van der Waals surface area contributed by atoms with Gasteiger partial charge in [0.2, 0.25) is 0 Å². The van der Waals surface area contributed by atoms with E-state index in [4.69, 9.17) is 11.6 Å². The first-order chi connectivity index (χ1) is 15.2. The van der Waals surface area contributed by atoms with Crippen LogP contribution in [0.3, 0.4) is 0 Å². The summed E-state index contributed by atoms with van der Waals surface area (Å²) in [5.41, 5.74) is 1.14. The highest BCUT2D eigenvalue weighted by Gasteiger charge is 2.32. The van der Waals surface area contributed by atoms with Crippen molar-refractivity contribution < 1.29 is 13.2 Å². The first kappa shape index (κ1) is 22.3. The van der Waals surface area contributed by atoms with E-state index in [0.717, 1.165) is 16.6 Å². The smallest absolute Gasteiger partial charge is 0.351 e. The van der Waals surface area contributed by atoms with Crippen molar-refractivity contribution in [1.82, 2.24) is 24.9 Å². The van der Waals surface area contributed by atoms with Crippen LogP contribution in [0.1, 0.15) is 24.2 Å². The van der Waals surface area contributed by atoms with Gasteiger partial charge in [-0.25, -0.2) is 9.97 Å². The molecule has 4 rings (SSSR count). The summed E-state index contributed by atoms with van der Waals surface area (Å²) < 4.78 is 41.0. The summed E-state index contributed by atoms with van der Waals surface area (Å²) in [6.45, 7) is 1.86. The number of benzene rings is 1. The zero-order valence-corrected chi connectivity index (χ0v) is 19.1. The van der Waals surface area contributed by atoms with Crippen molar-refractivity contribution in [3.05, 3.63) is 69.9 Å². The third kappa shape index (κ3) is 4.24. The Morgan fingerprint density at radius 3 is 2.47 bits per heavy atom. The molecule has 11 heteroatoms. The number of halogens is 5. The Labute approximate surface area is 194 Å². The molecule has 6 nitrogen and oxygen atoms in total. The molecule has 164 valence electrons. The number of fused-ring (bicyclic) bond motifs is 1. The number of aromatic nitrogens is 5. The standard InChI is InChI=1S/C21H15BrClF3N6/c1-11(17-19(28-6-5-27-17)16-4-3-13(22)9-29-16)32(2)20-14-7-12(21(24,25)26)8-15(23)18(14)30-10-31-20/h3-11H,1-2H3. The van der Waals surface area contributed by atoms with Gasteiger partial charge >= 0.3 is 6.18 Å². The lowest BCUT2D eigenvalue weighted by Crippen LogP contribution is -2.25. The van der Waals surface area contributed by atoms with Crippen LogP contribution in [0.2, 0.25) is 5.02 Å². The number of nitrogens with zero attached hydrogens (tertiary/aromatic N) is 6. The van der Waals surface area contributed by atoms with Gasteiger partial charge in [-0.05, 0) is 47.1 Å². The molecule has 0 aliphatic carbocycles. The van der Waals surface area contributed by atoms with E-state index in [1.165, 1.54) is 6.33 Å². The van der Waals surface area contributed by atoms with Crippen LogP contribution in [0, 0.1) is 0 Å². The number of alkyl halides is 3. The summed E-state index contributed by atoms with van der Waals surface area (Å²) in [6.07, 6.45) is 1.48. The molecule has 1 unspecified atom stereocenters. The molecule has 0 amide bonds. The van der Waals surface area contributed by atoms with E-state index in [0.29, 0.717) is 17.1 Å². The second-order valence-corrected chi connectivity index (χ2v) is 8.31. The molecule has 0 spiro atoms. The molecule has 0 aliphatic rings. The summed E-state index contributed by atoms with van der Waals surface area (Å²) >= 11 is 9.47. The number of pyridine rings is 1. The normalized spacial score (nSPS) is 12.7. The molecule has 3 heterocycles. The van der Waals surface area contributed by atoms with E-state index < -0.39 is 17.8 Å². The lowest BCUT2D eigenvalue weighted by molar-refractivity contribution is -0.137. The Morgan fingerprint density at radius 1 is 1.03 bits per heavy atom. The lowest BCUT2D eigenvalue weighted by atomic mass is 10.1. The molecule has 1 aromatic carbocycles. The minimum Gasteiger partial charge on any atom is -0.351 e. The lowest BCUT2D eigenvalue weighted by Gasteiger charge is -2.27. The summed E-state index contributed by atoms with van der Waals surface area (Å²) in [6, 6.07) is 5.11. The third-order valence-corrected chi connectivity index (χ3v) is 5.76. The fourth-order valence-electron chi connectivity index (χ4n) is 3.29. The minimum absolute atomic E-state index is 0.0983. The van der Waals surface area contributed by atoms with Gasteiger partial charge in [0, 0.05) is 35.5 Å². The molecule has 4 aromatic rings. The number of hydrogen-bond donors (Lipinski definition) is 0. The summed E-state index contributed by atoms with van der Waals surface area (Å²) in [5.74, 6) is 0.288. The average Bonchev–Trinajstić information content (AvgIpc) is 2.77. The maximum absolute atomic E-state index is 13.4. The fourth-order valence-corrected chi connectivity index (χ4v) is 3.79. The molecule has 0 radical (unpaired) electrons. The monoisotopic (exact) mass is 522 g/mol. The summed E-state index contributed by atoms with van der Waals surface area (Å²) in [5, 5.41) is 0.0904. The maximum atomic E-state index is 13.4. The Morgan fingerprint density at radius 2 is 1.78 bits per heavy atom. The van der Waals surface area contributed by atoms with Crippen LogP contribution >= 0.6 is 27.5 Å². The molecular weight excluding hydrogens is 509 g/mol. The van der Waals surface area contributed by atoms with E-state index in [1.807, 2.05) is 13.0 Å². The molecule has 0 N–H and O–H groups in total. The molecule has 32 heavy (non-hydrogen) atoms. The topological polar surface area (TPSA) is 67.7 Å². The minimum atomic E-state index is -4.56. The van der Waals surface area contributed by atoms with E-state index >= 15 is 0 Å². The Bertz CT molecular complexity index is 1280. The largest absolute Gasteiger partial charge is 0.416 e. The highest BCUT2D eigenvalue weighted by molar-refractivity contribution is 9.10. The third-order valence-electron chi connectivity index (χ3n) is 5.01. The summed E-state index contributed by atoms with van der Waals surface area (Å²) in [7, 11) is 1.72. The second-order valence-electron chi connectivity index (χ2n) is 6.99. The van der Waals surface area contributed by atoms with E-state index in [9.17, 15) is 13.2 Å². The zero-order valence-electron chi connectivity index (χ0n) is 16.8. The van der Waals surface area contributed by atoms with E-state index in [1.54, 1.807) is 36.6 Å². The first-order valence-corrected chi connectivity index (χ1v) is 10.5. The highest BCUT2D eigenvalue weighted by atomic mass is 79.9. The predicted octanol–water partition coefficient (Wildman–Crippen LogP) is 6.11. The van der Waals surface area contributed by atoms with Crippen LogP contribution in [0.5, 0.6) is 0 Å². The molecule has 1 atom stereocenters. The Balaban J connectivity index is 1.81. The number of hydrogen-bond acceptors (Lipinski definition) is 6. The average molecular weight is 524 g/mol. The molecule has 0 aliphatic heterocycles. The van der Waals surface area contributed by atoms with Gasteiger partial charge in [0.25, 0.3) is 0 Å². The summed E-state index contributed by atoms with van der Waals surface area (Å²) in [4.78, 5) is 23.3. The van der Waals surface area contributed by atoms with Gasteiger partial charge in [-0.15, -0.1) is 0 Å². The molecular formula is C21H15BrClF3N6. The number of anilines is 1. The van der Waals surface area contributed by atoms with Crippen molar-refractivity contribution in [2.75, 3.05) is 11.9 Å². The van der Waals surface area contributed by atoms with E-state index in [-0.39, 0.29) is 21.7 Å². The van der Waals surface area contributed by atoms with Crippen LogP contribution in [0.4, 0.5) is 19.0 Å². The van der Waals surface area contributed by atoms with Gasteiger partial charge in [0.1, 0.15) is 17.8 Å². The van der Waals surface area contributed by atoms with Gasteiger partial charge in [-0.2, -0.15) is 13.2 Å². The molecule has 0 saturated carbocycles. The van der Waals surface area contributed by atoms with Crippen LogP contribution in [0.25, 0.3) is 22.3 Å². The van der Waals surface area contributed by atoms with E-state index in [2.05, 4.69) is 40.8 Å². The van der Waals surface area contributed by atoms with Crippen LogP contribution in [-0.4, -0.2) is 32.0 Å². The van der Waals surface area contributed by atoms with Crippen molar-refractivity contribution in [3.63, 3.8) is 0 Å². The molecule has 0 bridgehead atoms. The SMILES string of the molecule is CC(c1nccnc1-c1ccc(Br)cn1)N(C)c1ncnc2c(Cl)cc(C(F)(F)F)cc12. The van der Waals surface area contributed by atoms with Crippen molar-refractivity contribution in [2.45, 2.75) is 19.1 Å². The quantitative estimate of drug-likeness (QED) is 0.321. The first-order valence-electron chi connectivity index (χ1n) is 9.34. The molecule has 0 fully saturated rings.